The highest BCUT2D eigenvalue weighted by atomic mass is 35.5. The van der Waals surface area contributed by atoms with Crippen molar-refractivity contribution < 1.29 is 14.8 Å². The fourth-order valence-electron chi connectivity index (χ4n) is 2.29. The van der Waals surface area contributed by atoms with Crippen LogP contribution in [-0.4, -0.2) is 38.2 Å². The molecule has 0 spiro atoms. The van der Waals surface area contributed by atoms with Gasteiger partial charge in [0.05, 0.1) is 18.4 Å². The van der Waals surface area contributed by atoms with Gasteiger partial charge in [-0.05, 0) is 30.5 Å². The Morgan fingerprint density at radius 2 is 2.12 bits per heavy atom. The molecule has 10 heteroatoms. The second-order valence-electron chi connectivity index (χ2n) is 6.12. The highest BCUT2D eigenvalue weighted by Gasteiger charge is 2.21. The lowest BCUT2D eigenvalue weighted by atomic mass is 10.0. The molecule has 0 radical (unpaired) electrons. The first-order valence-electron chi connectivity index (χ1n) is 8.04. The van der Waals surface area contributed by atoms with Gasteiger partial charge in [0.15, 0.2) is 0 Å². The summed E-state index contributed by atoms with van der Waals surface area (Å²) in [6.07, 6.45) is 2.06. The Labute approximate surface area is 155 Å². The van der Waals surface area contributed by atoms with E-state index in [0.29, 0.717) is 17.1 Å². The number of carbonyl (C=O) groups excluding carboxylic acids is 2. The van der Waals surface area contributed by atoms with E-state index in [4.69, 9.17) is 16.8 Å². The van der Waals surface area contributed by atoms with Crippen LogP contribution in [0.4, 0.5) is 4.79 Å². The maximum Gasteiger partial charge on any atom is 0.315 e. The number of hydroxylamine groups is 1. The van der Waals surface area contributed by atoms with E-state index in [9.17, 15) is 9.59 Å². The molecule has 0 saturated heterocycles. The van der Waals surface area contributed by atoms with Crippen LogP contribution in [0.25, 0.3) is 5.69 Å². The standard InChI is InChI=1S/C16H21ClN6O3/c1-10(2)6-14(15(24)21-26)19-16(25)18-8-12-9-23(22-20-12)13-5-3-4-11(17)7-13/h3-5,7,9-10,14,26H,6,8H2,1-2H3,(H,21,24)(H2,18,19,25)/t14-/m0/s1. The SMILES string of the molecule is CC(C)C[C@H](NC(=O)NCc1cn(-c2cccc(Cl)c2)nn1)C(=O)NO. The largest absolute Gasteiger partial charge is 0.332 e. The lowest BCUT2D eigenvalue weighted by Crippen LogP contribution is -2.49. The minimum absolute atomic E-state index is 0.127. The third-order valence-electron chi connectivity index (χ3n) is 3.48. The molecule has 0 aliphatic carbocycles. The van der Waals surface area contributed by atoms with Gasteiger partial charge in [0, 0.05) is 5.02 Å². The van der Waals surface area contributed by atoms with Crippen LogP contribution >= 0.6 is 11.6 Å². The second-order valence-corrected chi connectivity index (χ2v) is 6.56. The molecule has 26 heavy (non-hydrogen) atoms. The molecule has 9 nitrogen and oxygen atoms in total. The van der Waals surface area contributed by atoms with Gasteiger partial charge < -0.3 is 10.6 Å². The third kappa shape index (κ3) is 5.71. The Balaban J connectivity index is 1.92. The van der Waals surface area contributed by atoms with Crippen LogP contribution in [0.3, 0.4) is 0 Å². The summed E-state index contributed by atoms with van der Waals surface area (Å²) < 4.78 is 1.54. The minimum Gasteiger partial charge on any atom is -0.332 e. The van der Waals surface area contributed by atoms with E-state index in [-0.39, 0.29) is 12.5 Å². The van der Waals surface area contributed by atoms with Crippen molar-refractivity contribution in [1.29, 1.82) is 0 Å². The van der Waals surface area contributed by atoms with Crippen molar-refractivity contribution in [2.45, 2.75) is 32.9 Å². The van der Waals surface area contributed by atoms with Gasteiger partial charge in [-0.3, -0.25) is 10.0 Å². The Morgan fingerprint density at radius 1 is 1.35 bits per heavy atom. The molecular formula is C16H21ClN6O3. The molecule has 2 rings (SSSR count). The van der Waals surface area contributed by atoms with E-state index in [1.807, 2.05) is 19.9 Å². The maximum atomic E-state index is 12.0. The zero-order valence-corrected chi connectivity index (χ0v) is 15.2. The van der Waals surface area contributed by atoms with Gasteiger partial charge in [0.25, 0.3) is 5.91 Å². The molecule has 1 aromatic heterocycles. The number of benzene rings is 1. The number of hydrogen-bond donors (Lipinski definition) is 4. The number of carbonyl (C=O) groups is 2. The average Bonchev–Trinajstić information content (AvgIpc) is 3.07. The summed E-state index contributed by atoms with van der Waals surface area (Å²) in [5.41, 5.74) is 2.84. The van der Waals surface area contributed by atoms with Crippen molar-refractivity contribution >= 4 is 23.5 Å². The Kier molecular flexibility index (Phi) is 6.93. The van der Waals surface area contributed by atoms with Crippen LogP contribution in [-0.2, 0) is 11.3 Å². The maximum absolute atomic E-state index is 12.0. The normalized spacial score (nSPS) is 11.9. The zero-order valence-electron chi connectivity index (χ0n) is 14.4. The molecule has 0 unspecified atom stereocenters. The van der Waals surface area contributed by atoms with E-state index >= 15 is 0 Å². The van der Waals surface area contributed by atoms with Crippen molar-refractivity contribution in [2.24, 2.45) is 5.92 Å². The topological polar surface area (TPSA) is 121 Å². The third-order valence-corrected chi connectivity index (χ3v) is 3.72. The molecule has 0 aliphatic heterocycles. The summed E-state index contributed by atoms with van der Waals surface area (Å²) in [5.74, 6) is -0.504. The van der Waals surface area contributed by atoms with E-state index in [1.165, 1.54) is 0 Å². The molecule has 4 N–H and O–H groups in total. The summed E-state index contributed by atoms with van der Waals surface area (Å²) in [4.78, 5) is 23.6. The first-order chi connectivity index (χ1) is 12.4. The molecule has 1 heterocycles. The number of halogens is 1. The second kappa shape index (κ2) is 9.16. The summed E-state index contributed by atoms with van der Waals surface area (Å²) >= 11 is 5.95. The van der Waals surface area contributed by atoms with E-state index < -0.39 is 18.0 Å². The fraction of sp³-hybridized carbons (Fsp3) is 0.375. The Hall–Kier alpha value is -2.65. The first kappa shape index (κ1) is 19.7. The van der Waals surface area contributed by atoms with Gasteiger partial charge in [-0.2, -0.15) is 0 Å². The number of aromatic nitrogens is 3. The van der Waals surface area contributed by atoms with Crippen LogP contribution in [0.5, 0.6) is 0 Å². The lowest BCUT2D eigenvalue weighted by Gasteiger charge is -2.18. The first-order valence-corrected chi connectivity index (χ1v) is 8.42. The number of nitrogens with zero attached hydrogens (tertiary/aromatic N) is 3. The predicted molar refractivity (Wildman–Crippen MR) is 94.9 cm³/mol. The van der Waals surface area contributed by atoms with Gasteiger partial charge in [-0.15, -0.1) is 5.10 Å². The Bertz CT molecular complexity index is 764. The zero-order chi connectivity index (χ0) is 19.1. The average molecular weight is 381 g/mol. The lowest BCUT2D eigenvalue weighted by molar-refractivity contribution is -0.131. The number of hydrogen-bond acceptors (Lipinski definition) is 5. The summed E-state index contributed by atoms with van der Waals surface area (Å²) in [5, 5.41) is 22.4. The molecule has 3 amide bonds. The monoisotopic (exact) mass is 380 g/mol. The molecule has 1 atom stereocenters. The van der Waals surface area contributed by atoms with E-state index in [0.717, 1.165) is 5.69 Å². The van der Waals surface area contributed by atoms with Crippen molar-refractivity contribution in [3.63, 3.8) is 0 Å². The van der Waals surface area contributed by atoms with Gasteiger partial charge in [0.2, 0.25) is 0 Å². The van der Waals surface area contributed by atoms with E-state index in [2.05, 4.69) is 20.9 Å². The van der Waals surface area contributed by atoms with Crippen LogP contribution in [0.2, 0.25) is 5.02 Å². The molecule has 0 bridgehead atoms. The highest BCUT2D eigenvalue weighted by Crippen LogP contribution is 2.13. The van der Waals surface area contributed by atoms with Crippen LogP contribution in [0.15, 0.2) is 30.5 Å². The van der Waals surface area contributed by atoms with E-state index in [1.54, 1.807) is 34.6 Å². The van der Waals surface area contributed by atoms with Crippen molar-refractivity contribution in [1.82, 2.24) is 31.1 Å². The Morgan fingerprint density at radius 3 is 2.77 bits per heavy atom. The van der Waals surface area contributed by atoms with Gasteiger partial charge in [-0.1, -0.05) is 36.7 Å². The summed E-state index contributed by atoms with van der Waals surface area (Å²) in [7, 11) is 0. The van der Waals surface area contributed by atoms with Crippen molar-refractivity contribution in [3.8, 4) is 5.69 Å². The molecular weight excluding hydrogens is 360 g/mol. The predicted octanol–water partition coefficient (Wildman–Crippen LogP) is 1.64. The fourth-order valence-corrected chi connectivity index (χ4v) is 2.47. The van der Waals surface area contributed by atoms with Gasteiger partial charge in [0.1, 0.15) is 11.7 Å². The van der Waals surface area contributed by atoms with Crippen molar-refractivity contribution in [2.75, 3.05) is 0 Å². The van der Waals surface area contributed by atoms with Crippen LogP contribution in [0, 0.1) is 5.92 Å². The van der Waals surface area contributed by atoms with Crippen LogP contribution < -0.4 is 16.1 Å². The molecule has 140 valence electrons. The van der Waals surface area contributed by atoms with Gasteiger partial charge >= 0.3 is 6.03 Å². The number of amides is 3. The smallest absolute Gasteiger partial charge is 0.315 e. The molecule has 1 aromatic carbocycles. The van der Waals surface area contributed by atoms with Crippen LogP contribution in [0.1, 0.15) is 26.0 Å². The molecule has 0 fully saturated rings. The van der Waals surface area contributed by atoms with Crippen molar-refractivity contribution in [3.05, 3.63) is 41.2 Å². The number of rotatable bonds is 7. The number of nitrogens with one attached hydrogen (secondary N) is 3. The molecule has 2 aromatic rings. The van der Waals surface area contributed by atoms with Gasteiger partial charge in [-0.25, -0.2) is 15.0 Å². The molecule has 0 aliphatic rings. The molecule has 0 saturated carbocycles. The highest BCUT2D eigenvalue weighted by molar-refractivity contribution is 6.30. The summed E-state index contributed by atoms with van der Waals surface area (Å²) in [6, 6.07) is 5.74. The summed E-state index contributed by atoms with van der Waals surface area (Å²) in [6.45, 7) is 3.94. The quantitative estimate of drug-likeness (QED) is 0.429. The minimum atomic E-state index is -0.831. The number of urea groups is 1.